The lowest BCUT2D eigenvalue weighted by Gasteiger charge is -2.34. The largest absolute Gasteiger partial charge is 0.311 e. The molecule has 1 aliphatic carbocycles. The second-order valence-electron chi connectivity index (χ2n) is 6.82. The lowest BCUT2D eigenvalue weighted by Crippen LogP contribution is -2.45. The van der Waals surface area contributed by atoms with Gasteiger partial charge in [-0.15, -0.1) is 0 Å². The molecule has 1 N–H and O–H groups in total. The average molecular weight is 272 g/mol. The van der Waals surface area contributed by atoms with E-state index >= 15 is 0 Å². The Morgan fingerprint density at radius 2 is 1.75 bits per heavy atom. The number of hydrogen-bond donors (Lipinski definition) is 1. The van der Waals surface area contributed by atoms with Crippen LogP contribution in [0.1, 0.15) is 44.6 Å². The molecule has 2 atom stereocenters. The molecule has 0 aromatic heterocycles. The Hall–Kier alpha value is -0.860. The van der Waals surface area contributed by atoms with E-state index in [0.717, 1.165) is 24.5 Å². The first-order valence-corrected chi connectivity index (χ1v) is 8.32. The molecule has 2 nitrogen and oxygen atoms in total. The van der Waals surface area contributed by atoms with Gasteiger partial charge in [0.1, 0.15) is 0 Å². The number of hydrogen-bond acceptors (Lipinski definition) is 2. The van der Waals surface area contributed by atoms with Crippen molar-refractivity contribution in [1.82, 2.24) is 10.2 Å². The van der Waals surface area contributed by atoms with Gasteiger partial charge in [-0.2, -0.15) is 0 Å². The molecular formula is C18H28N2. The highest BCUT2D eigenvalue weighted by molar-refractivity contribution is 5.14. The Morgan fingerprint density at radius 3 is 2.40 bits per heavy atom. The van der Waals surface area contributed by atoms with Crippen LogP contribution in [-0.2, 0) is 6.54 Å². The van der Waals surface area contributed by atoms with E-state index in [1.165, 1.54) is 50.8 Å². The van der Waals surface area contributed by atoms with E-state index in [2.05, 4.69) is 47.5 Å². The summed E-state index contributed by atoms with van der Waals surface area (Å²) in [6, 6.07) is 12.4. The normalized spacial score (nSPS) is 28.9. The first kappa shape index (κ1) is 14.1. The summed E-state index contributed by atoms with van der Waals surface area (Å²) < 4.78 is 0. The molecule has 1 aliphatic heterocycles. The molecule has 3 rings (SSSR count). The van der Waals surface area contributed by atoms with Gasteiger partial charge in [-0.3, -0.25) is 4.90 Å². The highest BCUT2D eigenvalue weighted by Crippen LogP contribution is 2.26. The van der Waals surface area contributed by atoms with Crippen LogP contribution in [0, 0.1) is 5.92 Å². The number of benzene rings is 1. The molecule has 1 aromatic carbocycles. The zero-order valence-electron chi connectivity index (χ0n) is 12.7. The Morgan fingerprint density at radius 1 is 1.00 bits per heavy atom. The monoisotopic (exact) mass is 272 g/mol. The number of piperidine rings is 1. The van der Waals surface area contributed by atoms with Gasteiger partial charge in [0.25, 0.3) is 0 Å². The maximum absolute atomic E-state index is 3.91. The molecule has 1 heterocycles. The number of likely N-dealkylation sites (tertiary alicyclic amines) is 1. The fourth-order valence-electron chi connectivity index (χ4n) is 3.79. The summed E-state index contributed by atoms with van der Waals surface area (Å²) in [5.74, 6) is 0.936. The van der Waals surface area contributed by atoms with Crippen molar-refractivity contribution in [3.63, 3.8) is 0 Å². The zero-order chi connectivity index (χ0) is 13.8. The third kappa shape index (κ3) is 3.83. The van der Waals surface area contributed by atoms with Gasteiger partial charge < -0.3 is 5.32 Å². The quantitative estimate of drug-likeness (QED) is 0.903. The van der Waals surface area contributed by atoms with Crippen molar-refractivity contribution in [2.45, 2.75) is 57.7 Å². The SMILES string of the molecule is C[C@H]1CC[C@H](NC2CCN(Cc3ccccc3)CC2)C1. The van der Waals surface area contributed by atoms with E-state index in [9.17, 15) is 0 Å². The summed E-state index contributed by atoms with van der Waals surface area (Å²) in [6.07, 6.45) is 6.84. The summed E-state index contributed by atoms with van der Waals surface area (Å²) in [5.41, 5.74) is 1.45. The van der Waals surface area contributed by atoms with E-state index in [4.69, 9.17) is 0 Å². The van der Waals surface area contributed by atoms with Crippen LogP contribution >= 0.6 is 0 Å². The Kier molecular flexibility index (Phi) is 4.74. The number of nitrogens with one attached hydrogen (secondary N) is 1. The molecule has 20 heavy (non-hydrogen) atoms. The molecule has 0 amide bonds. The number of nitrogens with zero attached hydrogens (tertiary/aromatic N) is 1. The van der Waals surface area contributed by atoms with Crippen LogP contribution < -0.4 is 5.32 Å². The third-order valence-electron chi connectivity index (χ3n) is 5.00. The van der Waals surface area contributed by atoms with Gasteiger partial charge in [0.15, 0.2) is 0 Å². The lowest BCUT2D eigenvalue weighted by atomic mass is 10.0. The van der Waals surface area contributed by atoms with Crippen LogP contribution in [0.2, 0.25) is 0 Å². The topological polar surface area (TPSA) is 15.3 Å². The first-order valence-electron chi connectivity index (χ1n) is 8.32. The smallest absolute Gasteiger partial charge is 0.0233 e. The van der Waals surface area contributed by atoms with Crippen molar-refractivity contribution in [3.8, 4) is 0 Å². The highest BCUT2D eigenvalue weighted by Gasteiger charge is 2.25. The van der Waals surface area contributed by atoms with Crippen LogP contribution in [-0.4, -0.2) is 30.1 Å². The maximum Gasteiger partial charge on any atom is 0.0233 e. The highest BCUT2D eigenvalue weighted by atomic mass is 15.1. The molecular weight excluding hydrogens is 244 g/mol. The Balaban J connectivity index is 1.41. The van der Waals surface area contributed by atoms with E-state index in [1.54, 1.807) is 0 Å². The summed E-state index contributed by atoms with van der Waals surface area (Å²) in [4.78, 5) is 2.60. The van der Waals surface area contributed by atoms with Gasteiger partial charge in [0.05, 0.1) is 0 Å². The molecule has 0 bridgehead atoms. The molecule has 1 aromatic rings. The molecule has 0 radical (unpaired) electrons. The third-order valence-corrected chi connectivity index (χ3v) is 5.00. The molecule has 0 spiro atoms. The van der Waals surface area contributed by atoms with Gasteiger partial charge in [0, 0.05) is 18.6 Å². The van der Waals surface area contributed by atoms with Crippen molar-refractivity contribution in [2.24, 2.45) is 5.92 Å². The fraction of sp³-hybridized carbons (Fsp3) is 0.667. The van der Waals surface area contributed by atoms with Crippen LogP contribution in [0.5, 0.6) is 0 Å². The maximum atomic E-state index is 3.91. The van der Waals surface area contributed by atoms with Crippen molar-refractivity contribution < 1.29 is 0 Å². The predicted molar refractivity (Wildman–Crippen MR) is 84.7 cm³/mol. The van der Waals surface area contributed by atoms with Crippen LogP contribution in [0.3, 0.4) is 0 Å². The van der Waals surface area contributed by atoms with Gasteiger partial charge >= 0.3 is 0 Å². The van der Waals surface area contributed by atoms with Gasteiger partial charge in [-0.25, -0.2) is 0 Å². The average Bonchev–Trinajstić information content (AvgIpc) is 2.88. The predicted octanol–water partition coefficient (Wildman–Crippen LogP) is 3.43. The number of rotatable bonds is 4. The lowest BCUT2D eigenvalue weighted by molar-refractivity contribution is 0.183. The fourth-order valence-corrected chi connectivity index (χ4v) is 3.79. The van der Waals surface area contributed by atoms with Gasteiger partial charge in [0.2, 0.25) is 0 Å². The minimum Gasteiger partial charge on any atom is -0.311 e. The van der Waals surface area contributed by atoms with Gasteiger partial charge in [-0.05, 0) is 56.7 Å². The van der Waals surface area contributed by atoms with Crippen molar-refractivity contribution in [3.05, 3.63) is 35.9 Å². The minimum absolute atomic E-state index is 0.761. The van der Waals surface area contributed by atoms with E-state index in [-0.39, 0.29) is 0 Å². The van der Waals surface area contributed by atoms with Crippen molar-refractivity contribution >= 4 is 0 Å². The second kappa shape index (κ2) is 6.73. The first-order chi connectivity index (χ1) is 9.79. The Labute approximate surface area is 123 Å². The summed E-state index contributed by atoms with van der Waals surface area (Å²) in [7, 11) is 0. The van der Waals surface area contributed by atoms with Gasteiger partial charge in [-0.1, -0.05) is 37.3 Å². The summed E-state index contributed by atoms with van der Waals surface area (Å²) >= 11 is 0. The molecule has 2 heteroatoms. The minimum atomic E-state index is 0.761. The summed E-state index contributed by atoms with van der Waals surface area (Å²) in [5, 5.41) is 3.91. The molecule has 2 aliphatic rings. The molecule has 2 fully saturated rings. The second-order valence-corrected chi connectivity index (χ2v) is 6.82. The molecule has 110 valence electrons. The van der Waals surface area contributed by atoms with E-state index in [1.807, 2.05) is 0 Å². The van der Waals surface area contributed by atoms with Crippen LogP contribution in [0.4, 0.5) is 0 Å². The van der Waals surface area contributed by atoms with Crippen molar-refractivity contribution in [1.29, 1.82) is 0 Å². The standard InChI is InChI=1S/C18H28N2/c1-15-7-8-18(13-15)19-17-9-11-20(12-10-17)14-16-5-3-2-4-6-16/h2-6,15,17-19H,7-14H2,1H3/t15-,18-/m0/s1. The zero-order valence-corrected chi connectivity index (χ0v) is 12.7. The van der Waals surface area contributed by atoms with Crippen molar-refractivity contribution in [2.75, 3.05) is 13.1 Å². The molecule has 1 saturated heterocycles. The van der Waals surface area contributed by atoms with E-state index in [0.29, 0.717) is 0 Å². The van der Waals surface area contributed by atoms with E-state index < -0.39 is 0 Å². The molecule has 1 saturated carbocycles. The summed E-state index contributed by atoms with van der Waals surface area (Å²) in [6.45, 7) is 6.00. The molecule has 0 unspecified atom stereocenters. The van der Waals surface area contributed by atoms with Crippen LogP contribution in [0.15, 0.2) is 30.3 Å². The van der Waals surface area contributed by atoms with Crippen LogP contribution in [0.25, 0.3) is 0 Å². The Bertz CT molecular complexity index is 395.